The summed E-state index contributed by atoms with van der Waals surface area (Å²) in [6.07, 6.45) is 0.895. The van der Waals surface area contributed by atoms with E-state index in [0.717, 1.165) is 12.0 Å². The molecule has 0 aromatic heterocycles. The van der Waals surface area contributed by atoms with Crippen LogP contribution in [-0.2, 0) is 16.0 Å². The summed E-state index contributed by atoms with van der Waals surface area (Å²) in [5.41, 5.74) is 2.58. The van der Waals surface area contributed by atoms with Crippen molar-refractivity contribution in [3.05, 3.63) is 70.8 Å². The molecule has 3 rings (SSSR count). The van der Waals surface area contributed by atoms with E-state index in [1.54, 1.807) is 29.2 Å². The molecule has 0 bridgehead atoms. The summed E-state index contributed by atoms with van der Waals surface area (Å²) in [6.45, 7) is 7.81. The highest BCUT2D eigenvalue weighted by Crippen LogP contribution is 2.39. The molecule has 0 radical (unpaired) electrons. The molecule has 1 fully saturated rings. The molecule has 1 unspecified atom stereocenters. The first-order valence-electron chi connectivity index (χ1n) is 11.5. The predicted molar refractivity (Wildman–Crippen MR) is 130 cm³/mol. The molecule has 2 aromatic rings. The van der Waals surface area contributed by atoms with Gasteiger partial charge in [0.25, 0.3) is 11.7 Å². The van der Waals surface area contributed by atoms with Gasteiger partial charge in [-0.3, -0.25) is 9.59 Å². The molecular formula is C27H34N2O4. The van der Waals surface area contributed by atoms with Gasteiger partial charge in [-0.2, -0.15) is 0 Å². The minimum Gasteiger partial charge on any atom is -0.507 e. The van der Waals surface area contributed by atoms with E-state index in [2.05, 4.69) is 20.8 Å². The van der Waals surface area contributed by atoms with Gasteiger partial charge in [0.2, 0.25) is 0 Å². The van der Waals surface area contributed by atoms with E-state index >= 15 is 0 Å². The molecule has 176 valence electrons. The van der Waals surface area contributed by atoms with Crippen molar-refractivity contribution < 1.29 is 19.4 Å². The maximum absolute atomic E-state index is 13.1. The maximum atomic E-state index is 13.1. The Morgan fingerprint density at radius 2 is 1.70 bits per heavy atom. The van der Waals surface area contributed by atoms with E-state index < -0.39 is 17.7 Å². The molecule has 0 aliphatic carbocycles. The zero-order chi connectivity index (χ0) is 24.1. The van der Waals surface area contributed by atoms with Crippen molar-refractivity contribution in [3.8, 4) is 5.75 Å². The van der Waals surface area contributed by atoms with Gasteiger partial charge in [0.1, 0.15) is 11.5 Å². The van der Waals surface area contributed by atoms with Crippen LogP contribution in [0.2, 0.25) is 0 Å². The number of Topliss-reactive ketones (excluding diaryl/α,β-unsaturated/α-hetero) is 1. The van der Waals surface area contributed by atoms with Crippen molar-refractivity contribution in [3.63, 3.8) is 0 Å². The van der Waals surface area contributed by atoms with Gasteiger partial charge in [0.15, 0.2) is 0 Å². The summed E-state index contributed by atoms with van der Waals surface area (Å²) in [4.78, 5) is 29.6. The summed E-state index contributed by atoms with van der Waals surface area (Å²) in [6, 6.07) is 14.2. The number of aliphatic hydroxyl groups excluding tert-OH is 1. The van der Waals surface area contributed by atoms with Gasteiger partial charge in [-0.05, 0) is 61.8 Å². The number of likely N-dealkylation sites (tertiary alicyclic amines) is 1. The van der Waals surface area contributed by atoms with Gasteiger partial charge in [0, 0.05) is 18.7 Å². The monoisotopic (exact) mass is 450 g/mol. The Hall–Kier alpha value is -3.12. The second kappa shape index (κ2) is 10.7. The van der Waals surface area contributed by atoms with E-state index in [4.69, 9.17) is 4.74 Å². The largest absolute Gasteiger partial charge is 0.507 e. The topological polar surface area (TPSA) is 70.1 Å². The number of ketones is 1. The highest BCUT2D eigenvalue weighted by molar-refractivity contribution is 6.46. The van der Waals surface area contributed by atoms with Gasteiger partial charge >= 0.3 is 0 Å². The van der Waals surface area contributed by atoms with Crippen LogP contribution < -0.4 is 4.74 Å². The van der Waals surface area contributed by atoms with Crippen molar-refractivity contribution in [2.45, 2.75) is 33.2 Å². The lowest BCUT2D eigenvalue weighted by Crippen LogP contribution is -2.35. The summed E-state index contributed by atoms with van der Waals surface area (Å²) in [7, 11) is 3.84. The number of hydrogen-bond acceptors (Lipinski definition) is 5. The van der Waals surface area contributed by atoms with Crippen molar-refractivity contribution in [2.24, 2.45) is 5.92 Å². The van der Waals surface area contributed by atoms with Crippen LogP contribution in [0.1, 0.15) is 43.5 Å². The standard InChI is InChI=1S/C27H34N2O4/c1-6-19-7-9-20(10-8-19)24-23(26(31)27(32)29(24)16-15-28(4)5)25(30)21-11-13-22(14-12-21)33-17-18(2)3/h7-14,18,24,30H,6,15-17H2,1-5H3/b25-23-. The van der Waals surface area contributed by atoms with Crippen LogP contribution in [0.25, 0.3) is 5.76 Å². The SMILES string of the molecule is CCc1ccc(C2/C(=C(/O)c3ccc(OCC(C)C)cc3)C(=O)C(=O)N2CCN(C)C)cc1. The lowest BCUT2D eigenvalue weighted by Gasteiger charge is -2.26. The smallest absolute Gasteiger partial charge is 0.295 e. The van der Waals surface area contributed by atoms with E-state index in [-0.39, 0.29) is 11.3 Å². The molecule has 1 aliphatic heterocycles. The van der Waals surface area contributed by atoms with Crippen molar-refractivity contribution in [1.82, 2.24) is 9.80 Å². The first-order chi connectivity index (χ1) is 15.7. The number of carbonyl (C=O) groups excluding carboxylic acids is 2. The van der Waals surface area contributed by atoms with Gasteiger partial charge in [-0.1, -0.05) is 45.0 Å². The normalized spacial score (nSPS) is 17.9. The summed E-state index contributed by atoms with van der Waals surface area (Å²) in [5.74, 6) is -0.315. The van der Waals surface area contributed by atoms with Crippen LogP contribution in [0, 0.1) is 5.92 Å². The van der Waals surface area contributed by atoms with Crippen LogP contribution in [-0.4, -0.2) is 60.4 Å². The van der Waals surface area contributed by atoms with Crippen molar-refractivity contribution in [1.29, 1.82) is 0 Å². The quantitative estimate of drug-likeness (QED) is 0.351. The first kappa shape index (κ1) is 24.5. The maximum Gasteiger partial charge on any atom is 0.295 e. The van der Waals surface area contributed by atoms with E-state index in [1.165, 1.54) is 5.56 Å². The average molecular weight is 451 g/mol. The van der Waals surface area contributed by atoms with Gasteiger partial charge in [-0.15, -0.1) is 0 Å². The number of aliphatic hydroxyl groups is 1. The third-order valence-electron chi connectivity index (χ3n) is 5.74. The molecule has 1 amide bonds. The summed E-state index contributed by atoms with van der Waals surface area (Å²) < 4.78 is 5.72. The summed E-state index contributed by atoms with van der Waals surface area (Å²) >= 11 is 0. The zero-order valence-corrected chi connectivity index (χ0v) is 20.2. The molecule has 0 spiro atoms. The molecule has 1 N–H and O–H groups in total. The van der Waals surface area contributed by atoms with E-state index in [9.17, 15) is 14.7 Å². The Bertz CT molecular complexity index is 1010. The molecule has 33 heavy (non-hydrogen) atoms. The van der Waals surface area contributed by atoms with Crippen LogP contribution in [0.15, 0.2) is 54.1 Å². The number of likely N-dealkylation sites (N-methyl/N-ethyl adjacent to an activating group) is 1. The minimum atomic E-state index is -0.657. The van der Waals surface area contributed by atoms with Gasteiger partial charge < -0.3 is 19.6 Å². The predicted octanol–water partition coefficient (Wildman–Crippen LogP) is 4.27. The Morgan fingerprint density at radius 3 is 2.24 bits per heavy atom. The molecule has 6 nitrogen and oxygen atoms in total. The third kappa shape index (κ3) is 5.63. The molecular weight excluding hydrogens is 416 g/mol. The second-order valence-corrected chi connectivity index (χ2v) is 9.12. The van der Waals surface area contributed by atoms with Crippen molar-refractivity contribution >= 4 is 17.4 Å². The van der Waals surface area contributed by atoms with E-state index in [0.29, 0.717) is 36.9 Å². The van der Waals surface area contributed by atoms with Crippen molar-refractivity contribution in [2.75, 3.05) is 33.8 Å². The van der Waals surface area contributed by atoms with E-state index in [1.807, 2.05) is 43.3 Å². The van der Waals surface area contributed by atoms with Crippen LogP contribution in [0.4, 0.5) is 0 Å². The molecule has 1 atom stereocenters. The highest BCUT2D eigenvalue weighted by atomic mass is 16.5. The minimum absolute atomic E-state index is 0.124. The van der Waals surface area contributed by atoms with Gasteiger partial charge in [-0.25, -0.2) is 0 Å². The van der Waals surface area contributed by atoms with Gasteiger partial charge in [0.05, 0.1) is 18.2 Å². The number of hydrogen-bond donors (Lipinski definition) is 1. The second-order valence-electron chi connectivity index (χ2n) is 9.12. The molecule has 0 saturated carbocycles. The number of benzene rings is 2. The summed E-state index contributed by atoms with van der Waals surface area (Å²) in [5, 5.41) is 11.2. The number of aryl methyl sites for hydroxylation is 1. The Kier molecular flexibility index (Phi) is 7.92. The fourth-order valence-electron chi connectivity index (χ4n) is 3.83. The molecule has 1 heterocycles. The van der Waals surface area contributed by atoms with Crippen LogP contribution in [0.5, 0.6) is 5.75 Å². The molecule has 1 aliphatic rings. The Balaban J connectivity index is 2.02. The number of carbonyl (C=O) groups is 2. The molecule has 6 heteroatoms. The molecule has 1 saturated heterocycles. The molecule has 2 aromatic carbocycles. The first-order valence-corrected chi connectivity index (χ1v) is 11.5. The number of amides is 1. The highest BCUT2D eigenvalue weighted by Gasteiger charge is 2.45. The Morgan fingerprint density at radius 1 is 1.06 bits per heavy atom. The lowest BCUT2D eigenvalue weighted by molar-refractivity contribution is -0.140. The fraction of sp³-hybridized carbons (Fsp3) is 0.407. The number of nitrogens with zero attached hydrogens (tertiary/aromatic N) is 2. The third-order valence-corrected chi connectivity index (χ3v) is 5.74. The Labute approximate surface area is 196 Å². The number of rotatable bonds is 9. The lowest BCUT2D eigenvalue weighted by atomic mass is 9.94. The zero-order valence-electron chi connectivity index (χ0n) is 20.2. The van der Waals surface area contributed by atoms with Crippen LogP contribution >= 0.6 is 0 Å². The van der Waals surface area contributed by atoms with Crippen LogP contribution in [0.3, 0.4) is 0 Å². The number of ether oxygens (including phenoxy) is 1. The fourth-order valence-corrected chi connectivity index (χ4v) is 3.83. The average Bonchev–Trinajstić information content (AvgIpc) is 3.06.